The molecular formula is C26H34N2O3. The fraction of sp³-hybridized carbons (Fsp3) is 0.462. The van der Waals surface area contributed by atoms with Crippen molar-refractivity contribution in [3.8, 4) is 0 Å². The van der Waals surface area contributed by atoms with E-state index in [1.165, 1.54) is 19.3 Å². The third-order valence-corrected chi connectivity index (χ3v) is 6.25. The quantitative estimate of drug-likeness (QED) is 0.633. The van der Waals surface area contributed by atoms with Gasteiger partial charge in [-0.2, -0.15) is 0 Å². The fourth-order valence-corrected chi connectivity index (χ4v) is 4.62. The molecular weight excluding hydrogens is 388 g/mol. The van der Waals surface area contributed by atoms with E-state index in [1.807, 2.05) is 35.8 Å². The molecule has 0 saturated carbocycles. The lowest BCUT2D eigenvalue weighted by Crippen LogP contribution is -2.35. The number of nitrogens with zero attached hydrogens (tertiary/aromatic N) is 2. The second-order valence-corrected chi connectivity index (χ2v) is 9.04. The van der Waals surface area contributed by atoms with E-state index in [0.29, 0.717) is 24.9 Å². The molecule has 1 atom stereocenters. The summed E-state index contributed by atoms with van der Waals surface area (Å²) in [5, 5.41) is 9.10. The van der Waals surface area contributed by atoms with E-state index >= 15 is 0 Å². The lowest BCUT2D eigenvalue weighted by Gasteiger charge is -2.28. The van der Waals surface area contributed by atoms with Gasteiger partial charge in [0.15, 0.2) is 0 Å². The van der Waals surface area contributed by atoms with Crippen LogP contribution in [-0.4, -0.2) is 33.1 Å². The van der Waals surface area contributed by atoms with Crippen molar-refractivity contribution < 1.29 is 9.90 Å². The number of rotatable bonds is 9. The van der Waals surface area contributed by atoms with Crippen LogP contribution in [0.25, 0.3) is 6.08 Å². The number of aromatic carboxylic acids is 1. The standard InChI is InChI=1S/C26H34N2O3/c1-5-21-16-19(4)25(29)28(14-12-20-8-10-22(11-9-20)26(30)31)24(21)17-27-13-6-7-23(27)15-18(2)3/h5,8-11,16,18,23H,1,6-7,12-15,17H2,2-4H3,(H,30,31)/t23-/m1/s1. The number of aromatic nitrogens is 1. The minimum atomic E-state index is -0.930. The van der Waals surface area contributed by atoms with Gasteiger partial charge in [-0.1, -0.05) is 38.6 Å². The maximum absolute atomic E-state index is 13.1. The molecule has 0 amide bonds. The molecule has 166 valence electrons. The zero-order valence-corrected chi connectivity index (χ0v) is 18.9. The van der Waals surface area contributed by atoms with Gasteiger partial charge in [0.05, 0.1) is 5.56 Å². The van der Waals surface area contributed by atoms with Crippen molar-refractivity contribution in [1.29, 1.82) is 0 Å². The molecule has 1 aromatic carbocycles. The molecule has 0 unspecified atom stereocenters. The Balaban J connectivity index is 1.88. The number of carboxylic acid groups (broad SMARTS) is 1. The van der Waals surface area contributed by atoms with Crippen molar-refractivity contribution in [2.24, 2.45) is 5.92 Å². The first-order chi connectivity index (χ1) is 14.8. The van der Waals surface area contributed by atoms with Crippen LogP contribution in [0.5, 0.6) is 0 Å². The van der Waals surface area contributed by atoms with Crippen molar-refractivity contribution in [2.45, 2.75) is 65.6 Å². The topological polar surface area (TPSA) is 62.5 Å². The third-order valence-electron chi connectivity index (χ3n) is 6.25. The van der Waals surface area contributed by atoms with Gasteiger partial charge in [-0.25, -0.2) is 4.79 Å². The minimum absolute atomic E-state index is 0.0439. The van der Waals surface area contributed by atoms with E-state index in [9.17, 15) is 9.59 Å². The number of hydrogen-bond acceptors (Lipinski definition) is 3. The fourth-order valence-electron chi connectivity index (χ4n) is 4.62. The van der Waals surface area contributed by atoms with E-state index in [4.69, 9.17) is 5.11 Å². The molecule has 5 heteroatoms. The largest absolute Gasteiger partial charge is 0.478 e. The van der Waals surface area contributed by atoms with Gasteiger partial charge in [0.25, 0.3) is 5.56 Å². The molecule has 31 heavy (non-hydrogen) atoms. The molecule has 1 aliphatic rings. The minimum Gasteiger partial charge on any atom is -0.478 e. The Bertz CT molecular complexity index is 989. The number of likely N-dealkylation sites (tertiary alicyclic amines) is 1. The van der Waals surface area contributed by atoms with Crippen molar-refractivity contribution in [3.05, 3.63) is 75.2 Å². The summed E-state index contributed by atoms with van der Waals surface area (Å²) in [6.45, 7) is 12.8. The van der Waals surface area contributed by atoms with Crippen LogP contribution in [0.3, 0.4) is 0 Å². The summed E-state index contributed by atoms with van der Waals surface area (Å²) in [7, 11) is 0. The second-order valence-electron chi connectivity index (χ2n) is 9.04. The highest BCUT2D eigenvalue weighted by molar-refractivity contribution is 5.87. The van der Waals surface area contributed by atoms with Gasteiger partial charge in [-0.05, 0) is 74.4 Å². The number of benzene rings is 1. The predicted octanol–water partition coefficient (Wildman–Crippen LogP) is 4.75. The summed E-state index contributed by atoms with van der Waals surface area (Å²) in [5.74, 6) is -0.278. The first-order valence-electron chi connectivity index (χ1n) is 11.2. The van der Waals surface area contributed by atoms with Gasteiger partial charge >= 0.3 is 5.97 Å². The van der Waals surface area contributed by atoms with E-state index in [-0.39, 0.29) is 11.1 Å². The first-order valence-corrected chi connectivity index (χ1v) is 11.2. The number of pyridine rings is 1. The number of carbonyl (C=O) groups is 1. The van der Waals surface area contributed by atoms with Crippen LogP contribution >= 0.6 is 0 Å². The van der Waals surface area contributed by atoms with Crippen LogP contribution in [-0.2, 0) is 19.5 Å². The highest BCUT2D eigenvalue weighted by Gasteiger charge is 2.26. The van der Waals surface area contributed by atoms with Gasteiger partial charge in [0, 0.05) is 30.4 Å². The average Bonchev–Trinajstić information content (AvgIpc) is 3.16. The van der Waals surface area contributed by atoms with Crippen LogP contribution in [0.15, 0.2) is 41.7 Å². The summed E-state index contributed by atoms with van der Waals surface area (Å²) < 4.78 is 1.90. The van der Waals surface area contributed by atoms with Crippen molar-refractivity contribution in [3.63, 3.8) is 0 Å². The van der Waals surface area contributed by atoms with Crippen LogP contribution in [0.2, 0.25) is 0 Å². The molecule has 2 heterocycles. The molecule has 1 aliphatic heterocycles. The SMILES string of the molecule is C=Cc1cc(C)c(=O)n(CCc2ccc(C(=O)O)cc2)c1CN1CCC[C@@H]1CC(C)C. The molecule has 0 spiro atoms. The van der Waals surface area contributed by atoms with Crippen molar-refractivity contribution in [2.75, 3.05) is 6.54 Å². The van der Waals surface area contributed by atoms with Crippen LogP contribution < -0.4 is 5.56 Å². The second kappa shape index (κ2) is 10.1. The Kier molecular flexibility index (Phi) is 7.50. The summed E-state index contributed by atoms with van der Waals surface area (Å²) in [6.07, 6.45) is 6.12. The molecule has 1 N–H and O–H groups in total. The monoisotopic (exact) mass is 422 g/mol. The maximum Gasteiger partial charge on any atom is 0.335 e. The summed E-state index contributed by atoms with van der Waals surface area (Å²) in [6, 6.07) is 9.41. The smallest absolute Gasteiger partial charge is 0.335 e. The van der Waals surface area contributed by atoms with Gasteiger partial charge in [-0.3, -0.25) is 9.69 Å². The molecule has 1 saturated heterocycles. The number of aryl methyl sites for hydroxylation is 2. The Labute approximate surface area is 185 Å². The predicted molar refractivity (Wildman–Crippen MR) is 126 cm³/mol. The Hall–Kier alpha value is -2.66. The Morgan fingerprint density at radius 1 is 1.29 bits per heavy atom. The van der Waals surface area contributed by atoms with Gasteiger partial charge in [-0.15, -0.1) is 0 Å². The molecule has 0 radical (unpaired) electrons. The molecule has 5 nitrogen and oxygen atoms in total. The van der Waals surface area contributed by atoms with Crippen LogP contribution in [0.1, 0.15) is 65.9 Å². The van der Waals surface area contributed by atoms with E-state index in [2.05, 4.69) is 25.3 Å². The van der Waals surface area contributed by atoms with Crippen molar-refractivity contribution >= 4 is 12.0 Å². The Morgan fingerprint density at radius 2 is 2.00 bits per heavy atom. The molecule has 1 aromatic heterocycles. The van der Waals surface area contributed by atoms with E-state index < -0.39 is 5.97 Å². The lowest BCUT2D eigenvalue weighted by molar-refractivity contribution is 0.0697. The first kappa shape index (κ1) is 23.0. The molecule has 3 rings (SSSR count). The third kappa shape index (κ3) is 5.53. The highest BCUT2D eigenvalue weighted by Crippen LogP contribution is 2.26. The molecule has 0 bridgehead atoms. The Morgan fingerprint density at radius 3 is 2.61 bits per heavy atom. The summed E-state index contributed by atoms with van der Waals surface area (Å²) >= 11 is 0. The molecule has 2 aromatic rings. The van der Waals surface area contributed by atoms with Gasteiger partial charge in [0.2, 0.25) is 0 Å². The maximum atomic E-state index is 13.1. The van der Waals surface area contributed by atoms with E-state index in [1.54, 1.807) is 12.1 Å². The van der Waals surface area contributed by atoms with Crippen molar-refractivity contribution in [1.82, 2.24) is 9.47 Å². The van der Waals surface area contributed by atoms with Gasteiger partial charge < -0.3 is 9.67 Å². The van der Waals surface area contributed by atoms with Crippen LogP contribution in [0, 0.1) is 12.8 Å². The lowest BCUT2D eigenvalue weighted by atomic mass is 10.0. The zero-order valence-electron chi connectivity index (χ0n) is 18.9. The summed E-state index contributed by atoms with van der Waals surface area (Å²) in [5.41, 5.74) is 4.11. The number of carboxylic acids is 1. The molecule has 0 aliphatic carbocycles. The van der Waals surface area contributed by atoms with E-state index in [0.717, 1.165) is 35.5 Å². The van der Waals surface area contributed by atoms with Crippen LogP contribution in [0.4, 0.5) is 0 Å². The highest BCUT2D eigenvalue weighted by atomic mass is 16.4. The normalized spacial score (nSPS) is 16.7. The van der Waals surface area contributed by atoms with Gasteiger partial charge in [0.1, 0.15) is 0 Å². The summed E-state index contributed by atoms with van der Waals surface area (Å²) in [4.78, 5) is 26.7. The number of hydrogen-bond donors (Lipinski definition) is 1. The average molecular weight is 423 g/mol. The molecule has 1 fully saturated rings. The zero-order chi connectivity index (χ0) is 22.5.